The van der Waals surface area contributed by atoms with Crippen LogP contribution in [0.1, 0.15) is 33.0 Å². The number of carbonyl (C=O) groups is 3. The summed E-state index contributed by atoms with van der Waals surface area (Å²) in [6, 6.07) is 0.992. The predicted molar refractivity (Wildman–Crippen MR) is 78.0 cm³/mol. The zero-order valence-corrected chi connectivity index (χ0v) is 13.1. The molecule has 2 heterocycles. The number of aromatic nitrogens is 1. The molecule has 2 N–H and O–H groups in total. The number of nitrogens with one attached hydrogen (secondary N) is 2. The highest BCUT2D eigenvalue weighted by Crippen LogP contribution is 2.24. The minimum absolute atomic E-state index is 0.237. The van der Waals surface area contributed by atoms with Crippen LogP contribution in [0, 0.1) is 12.8 Å². The van der Waals surface area contributed by atoms with Crippen molar-refractivity contribution in [3.05, 3.63) is 11.8 Å². The molecule has 1 aromatic rings. The number of urea groups is 1. The maximum Gasteiger partial charge on any atom is 0.325 e. The lowest BCUT2D eigenvalue weighted by atomic mass is 9.91. The molecule has 0 saturated carbocycles. The van der Waals surface area contributed by atoms with E-state index in [9.17, 15) is 14.4 Å². The molecule has 1 atom stereocenters. The first kappa shape index (κ1) is 16.0. The van der Waals surface area contributed by atoms with Crippen molar-refractivity contribution in [1.82, 2.24) is 15.4 Å². The number of anilines is 1. The van der Waals surface area contributed by atoms with Crippen molar-refractivity contribution in [2.45, 2.75) is 39.7 Å². The summed E-state index contributed by atoms with van der Waals surface area (Å²) in [7, 11) is 0. The van der Waals surface area contributed by atoms with Gasteiger partial charge < -0.3 is 15.2 Å². The van der Waals surface area contributed by atoms with Gasteiger partial charge in [0.15, 0.2) is 5.82 Å². The second kappa shape index (κ2) is 5.78. The van der Waals surface area contributed by atoms with Crippen LogP contribution in [0.4, 0.5) is 10.6 Å². The molecule has 22 heavy (non-hydrogen) atoms. The van der Waals surface area contributed by atoms with Gasteiger partial charge >= 0.3 is 6.03 Å². The van der Waals surface area contributed by atoms with E-state index in [4.69, 9.17) is 4.52 Å². The molecular weight excluding hydrogens is 288 g/mol. The summed E-state index contributed by atoms with van der Waals surface area (Å²) in [5.41, 5.74) is -0.962. The lowest BCUT2D eigenvalue weighted by molar-refractivity contribution is -0.133. The van der Waals surface area contributed by atoms with Crippen LogP contribution < -0.4 is 10.6 Å². The van der Waals surface area contributed by atoms with Crippen LogP contribution in [0.2, 0.25) is 0 Å². The van der Waals surface area contributed by atoms with E-state index >= 15 is 0 Å². The van der Waals surface area contributed by atoms with Crippen LogP contribution >= 0.6 is 0 Å². The van der Waals surface area contributed by atoms with Gasteiger partial charge in [-0.05, 0) is 26.2 Å². The Bertz CT molecular complexity index is 610. The van der Waals surface area contributed by atoms with E-state index in [-0.39, 0.29) is 18.3 Å². The Morgan fingerprint density at radius 2 is 2.18 bits per heavy atom. The highest BCUT2D eigenvalue weighted by molar-refractivity contribution is 6.09. The molecule has 8 nitrogen and oxygen atoms in total. The SMILES string of the molecule is Cc1cc(NC(=O)CN2C(=O)N[C@](C)(CC(C)C)C2=O)no1. The molecule has 2 rings (SSSR count). The fourth-order valence-electron chi connectivity index (χ4n) is 2.60. The minimum atomic E-state index is -0.962. The molecule has 8 heteroatoms. The van der Waals surface area contributed by atoms with Crippen molar-refractivity contribution in [1.29, 1.82) is 0 Å². The van der Waals surface area contributed by atoms with Gasteiger partial charge in [-0.2, -0.15) is 0 Å². The van der Waals surface area contributed by atoms with E-state index in [2.05, 4.69) is 15.8 Å². The first-order chi connectivity index (χ1) is 10.2. The summed E-state index contributed by atoms with van der Waals surface area (Å²) in [5, 5.41) is 8.76. The lowest BCUT2D eigenvalue weighted by Gasteiger charge is -2.23. The Morgan fingerprint density at radius 1 is 1.50 bits per heavy atom. The number of carbonyl (C=O) groups excluding carboxylic acids is 3. The molecule has 0 bridgehead atoms. The Labute approximate surface area is 128 Å². The number of aryl methyl sites for hydroxylation is 1. The Balaban J connectivity index is 2.01. The Morgan fingerprint density at radius 3 is 2.73 bits per heavy atom. The maximum absolute atomic E-state index is 12.4. The monoisotopic (exact) mass is 308 g/mol. The van der Waals surface area contributed by atoms with Crippen molar-refractivity contribution in [3.8, 4) is 0 Å². The van der Waals surface area contributed by atoms with Gasteiger partial charge in [-0.25, -0.2) is 4.79 Å². The molecule has 0 radical (unpaired) electrons. The van der Waals surface area contributed by atoms with Crippen molar-refractivity contribution >= 4 is 23.7 Å². The van der Waals surface area contributed by atoms with Crippen LogP contribution in [0.25, 0.3) is 0 Å². The summed E-state index contributed by atoms with van der Waals surface area (Å²) >= 11 is 0. The van der Waals surface area contributed by atoms with Gasteiger partial charge in [0.1, 0.15) is 17.8 Å². The molecule has 0 aromatic carbocycles. The smallest absolute Gasteiger partial charge is 0.325 e. The van der Waals surface area contributed by atoms with E-state index in [0.717, 1.165) is 4.90 Å². The number of amides is 4. The summed E-state index contributed by atoms with van der Waals surface area (Å²) in [6.07, 6.45) is 0.512. The average molecular weight is 308 g/mol. The summed E-state index contributed by atoms with van der Waals surface area (Å²) < 4.78 is 4.83. The van der Waals surface area contributed by atoms with Gasteiger partial charge in [-0.15, -0.1) is 0 Å². The number of nitrogens with zero attached hydrogens (tertiary/aromatic N) is 2. The summed E-state index contributed by atoms with van der Waals surface area (Å²) in [5.74, 6) is 0.138. The quantitative estimate of drug-likeness (QED) is 0.797. The molecule has 0 unspecified atom stereocenters. The van der Waals surface area contributed by atoms with Gasteiger partial charge in [0.2, 0.25) is 5.91 Å². The van der Waals surface area contributed by atoms with E-state index < -0.39 is 23.4 Å². The largest absolute Gasteiger partial charge is 0.360 e. The molecule has 1 fully saturated rings. The number of imide groups is 1. The number of hydrogen-bond donors (Lipinski definition) is 2. The average Bonchev–Trinajstić information content (AvgIpc) is 2.86. The fourth-order valence-corrected chi connectivity index (χ4v) is 2.60. The topological polar surface area (TPSA) is 105 Å². The molecule has 1 aromatic heterocycles. The van der Waals surface area contributed by atoms with Crippen molar-refractivity contribution in [3.63, 3.8) is 0 Å². The third-order valence-electron chi connectivity index (χ3n) is 3.36. The third kappa shape index (κ3) is 3.26. The van der Waals surface area contributed by atoms with Gasteiger partial charge in [-0.1, -0.05) is 19.0 Å². The number of hydrogen-bond acceptors (Lipinski definition) is 5. The molecule has 0 spiro atoms. The van der Waals surface area contributed by atoms with Gasteiger partial charge in [0.25, 0.3) is 5.91 Å². The molecule has 1 aliphatic rings. The highest BCUT2D eigenvalue weighted by atomic mass is 16.5. The van der Waals surface area contributed by atoms with Crippen molar-refractivity contribution in [2.24, 2.45) is 5.92 Å². The summed E-state index contributed by atoms with van der Waals surface area (Å²) in [6.45, 7) is 6.94. The summed E-state index contributed by atoms with van der Waals surface area (Å²) in [4.78, 5) is 37.2. The Kier molecular flexibility index (Phi) is 4.20. The normalized spacial score (nSPS) is 21.4. The number of rotatable bonds is 5. The van der Waals surface area contributed by atoms with Gasteiger partial charge in [0.05, 0.1) is 0 Å². The van der Waals surface area contributed by atoms with E-state index in [1.165, 1.54) is 0 Å². The molecule has 120 valence electrons. The first-order valence-corrected chi connectivity index (χ1v) is 7.08. The standard InChI is InChI=1S/C14H20N4O4/c1-8(2)6-14(4)12(20)18(13(21)16-14)7-11(19)15-10-5-9(3)22-17-10/h5,8H,6-7H2,1-4H3,(H,16,21)(H,15,17,19)/t14-/m1/s1. The van der Waals surface area contributed by atoms with Crippen LogP contribution in [-0.2, 0) is 9.59 Å². The van der Waals surface area contributed by atoms with Gasteiger partial charge in [0, 0.05) is 6.07 Å². The first-order valence-electron chi connectivity index (χ1n) is 7.08. The third-order valence-corrected chi connectivity index (χ3v) is 3.36. The van der Waals surface area contributed by atoms with Crippen molar-refractivity contribution in [2.75, 3.05) is 11.9 Å². The second-order valence-corrected chi connectivity index (χ2v) is 6.12. The molecule has 4 amide bonds. The molecule has 1 aliphatic heterocycles. The zero-order chi connectivity index (χ0) is 16.5. The highest BCUT2D eigenvalue weighted by Gasteiger charge is 2.48. The molecule has 0 aliphatic carbocycles. The fraction of sp³-hybridized carbons (Fsp3) is 0.571. The minimum Gasteiger partial charge on any atom is -0.360 e. The molecular formula is C14H20N4O4. The van der Waals surface area contributed by atoms with Gasteiger partial charge in [-0.3, -0.25) is 14.5 Å². The second-order valence-electron chi connectivity index (χ2n) is 6.12. The lowest BCUT2D eigenvalue weighted by Crippen LogP contribution is -2.45. The van der Waals surface area contributed by atoms with E-state index in [0.29, 0.717) is 12.2 Å². The van der Waals surface area contributed by atoms with Crippen molar-refractivity contribution < 1.29 is 18.9 Å². The van der Waals surface area contributed by atoms with Crippen LogP contribution in [0.3, 0.4) is 0 Å². The maximum atomic E-state index is 12.4. The predicted octanol–water partition coefficient (Wildman–Crippen LogP) is 1.28. The van der Waals surface area contributed by atoms with Crippen LogP contribution in [0.5, 0.6) is 0 Å². The van der Waals surface area contributed by atoms with E-state index in [1.54, 1.807) is 19.9 Å². The Hall–Kier alpha value is -2.38. The zero-order valence-electron chi connectivity index (χ0n) is 13.1. The molecule has 1 saturated heterocycles. The van der Waals surface area contributed by atoms with E-state index in [1.807, 2.05) is 13.8 Å². The van der Waals surface area contributed by atoms with Crippen LogP contribution in [-0.4, -0.2) is 40.0 Å². The van der Waals surface area contributed by atoms with Crippen LogP contribution in [0.15, 0.2) is 10.6 Å².